The maximum Gasteiger partial charge on any atom is 0.453 e. The van der Waals surface area contributed by atoms with E-state index in [0.717, 1.165) is 10.1 Å². The van der Waals surface area contributed by atoms with E-state index in [1.54, 1.807) is 13.8 Å². The molecule has 0 amide bonds. The summed E-state index contributed by atoms with van der Waals surface area (Å²) in [6.07, 6.45) is -4.34. The van der Waals surface area contributed by atoms with Gasteiger partial charge in [0.2, 0.25) is 0 Å². The van der Waals surface area contributed by atoms with Gasteiger partial charge in [-0.3, -0.25) is 4.79 Å². The van der Waals surface area contributed by atoms with E-state index in [4.69, 9.17) is 9.47 Å². The van der Waals surface area contributed by atoms with Crippen molar-refractivity contribution in [1.29, 1.82) is 0 Å². The summed E-state index contributed by atoms with van der Waals surface area (Å²) in [6, 6.07) is 7.52. The highest BCUT2D eigenvalue weighted by molar-refractivity contribution is 5.69. The number of esters is 1. The van der Waals surface area contributed by atoms with Crippen molar-refractivity contribution in [1.82, 2.24) is 19.6 Å². The van der Waals surface area contributed by atoms with Crippen molar-refractivity contribution in [3.63, 3.8) is 0 Å². The Balaban J connectivity index is 1.56. The van der Waals surface area contributed by atoms with Gasteiger partial charge in [-0.2, -0.15) is 18.2 Å². The highest BCUT2D eigenvalue weighted by Gasteiger charge is 2.36. The summed E-state index contributed by atoms with van der Waals surface area (Å²) in [6.45, 7) is 5.55. The minimum absolute atomic E-state index is 0.0557. The van der Waals surface area contributed by atoms with Crippen molar-refractivity contribution < 1.29 is 27.4 Å². The summed E-state index contributed by atoms with van der Waals surface area (Å²) < 4.78 is 50.3. The first-order valence-corrected chi connectivity index (χ1v) is 9.30. The molecule has 2 aromatic heterocycles. The van der Waals surface area contributed by atoms with E-state index in [-0.39, 0.29) is 31.8 Å². The van der Waals surface area contributed by atoms with E-state index in [2.05, 4.69) is 15.1 Å². The first kappa shape index (κ1) is 21.5. The summed E-state index contributed by atoms with van der Waals surface area (Å²) in [4.78, 5) is 19.5. The molecule has 0 aliphatic heterocycles. The highest BCUT2D eigenvalue weighted by Crippen LogP contribution is 2.27. The number of alkyl halides is 3. The lowest BCUT2D eigenvalue weighted by atomic mass is 10.1. The molecule has 7 nitrogen and oxygen atoms in total. The van der Waals surface area contributed by atoms with Gasteiger partial charge in [0.25, 0.3) is 11.6 Å². The minimum Gasteiger partial charge on any atom is -0.490 e. The van der Waals surface area contributed by atoms with Gasteiger partial charge in [0.1, 0.15) is 19.0 Å². The number of carbonyl (C=O) groups excluding carboxylic acids is 1. The fourth-order valence-corrected chi connectivity index (χ4v) is 3.01. The summed E-state index contributed by atoms with van der Waals surface area (Å²) >= 11 is 0. The van der Waals surface area contributed by atoms with Crippen molar-refractivity contribution in [2.75, 3.05) is 13.2 Å². The number of benzene rings is 1. The number of hydrogen-bond donors (Lipinski definition) is 0. The maximum absolute atomic E-state index is 12.9. The predicted octanol–water partition coefficient (Wildman–Crippen LogP) is 3.62. The van der Waals surface area contributed by atoms with Gasteiger partial charge >= 0.3 is 12.1 Å². The molecule has 0 unspecified atom stereocenters. The second kappa shape index (κ2) is 8.68. The molecule has 2 heterocycles. The van der Waals surface area contributed by atoms with Crippen LogP contribution in [0.1, 0.15) is 34.8 Å². The normalized spacial score (nSPS) is 11.7. The van der Waals surface area contributed by atoms with Gasteiger partial charge in [-0.1, -0.05) is 12.1 Å². The van der Waals surface area contributed by atoms with Crippen LogP contribution < -0.4 is 4.74 Å². The number of rotatable bonds is 7. The van der Waals surface area contributed by atoms with Crippen LogP contribution in [0.4, 0.5) is 13.2 Å². The van der Waals surface area contributed by atoms with Gasteiger partial charge < -0.3 is 9.47 Å². The van der Waals surface area contributed by atoms with E-state index >= 15 is 0 Å². The number of aryl methyl sites for hydroxylation is 3. The van der Waals surface area contributed by atoms with E-state index < -0.39 is 18.0 Å². The first-order chi connectivity index (χ1) is 14.1. The lowest BCUT2D eigenvalue weighted by molar-refractivity contribution is -0.145. The molecule has 0 saturated heterocycles. The monoisotopic (exact) mass is 422 g/mol. The molecule has 1 aromatic carbocycles. The molecule has 3 aromatic rings. The fraction of sp³-hybridized carbons (Fsp3) is 0.400. The largest absolute Gasteiger partial charge is 0.490 e. The Labute approximate surface area is 170 Å². The van der Waals surface area contributed by atoms with Crippen LogP contribution in [0.3, 0.4) is 0 Å². The number of ether oxygens (including phenoxy) is 2. The van der Waals surface area contributed by atoms with E-state index in [1.165, 1.54) is 0 Å². The second-order valence-corrected chi connectivity index (χ2v) is 6.79. The zero-order chi connectivity index (χ0) is 21.9. The molecule has 3 rings (SSSR count). The molecule has 0 saturated carbocycles. The molecule has 0 radical (unpaired) electrons. The molecule has 0 N–H and O–H groups in total. The average molecular weight is 422 g/mol. The Hall–Kier alpha value is -3.17. The molecule has 0 aliphatic carbocycles. The van der Waals surface area contributed by atoms with E-state index in [9.17, 15) is 18.0 Å². The number of aromatic nitrogens is 4. The summed E-state index contributed by atoms with van der Waals surface area (Å²) in [5.74, 6) is -1.11. The molecule has 10 heteroatoms. The molecular weight excluding hydrogens is 401 g/mol. The average Bonchev–Trinajstić information content (AvgIpc) is 3.10. The van der Waals surface area contributed by atoms with Crippen molar-refractivity contribution in [2.45, 2.75) is 39.8 Å². The molecule has 0 atom stereocenters. The second-order valence-electron chi connectivity index (χ2n) is 6.79. The Kier molecular flexibility index (Phi) is 6.23. The van der Waals surface area contributed by atoms with Gasteiger partial charge in [-0.15, -0.1) is 5.10 Å². The summed E-state index contributed by atoms with van der Waals surface area (Å²) in [5.41, 5.74) is 2.65. The number of hydrogen-bond acceptors (Lipinski definition) is 6. The van der Waals surface area contributed by atoms with Crippen LogP contribution in [0.2, 0.25) is 0 Å². The molecule has 0 fully saturated rings. The first-order valence-electron chi connectivity index (χ1n) is 9.30. The van der Waals surface area contributed by atoms with Crippen LogP contribution in [-0.4, -0.2) is 38.8 Å². The van der Waals surface area contributed by atoms with Crippen LogP contribution in [0.25, 0.3) is 5.78 Å². The van der Waals surface area contributed by atoms with E-state index in [1.807, 2.05) is 31.2 Å². The highest BCUT2D eigenvalue weighted by atomic mass is 19.4. The van der Waals surface area contributed by atoms with Crippen LogP contribution >= 0.6 is 0 Å². The zero-order valence-corrected chi connectivity index (χ0v) is 16.8. The SMILES string of the molecule is Cc1cccc(OCCOC(=O)CCc2c(C)nc3nc(C(F)(F)F)nn3c2C)c1. The van der Waals surface area contributed by atoms with Gasteiger partial charge in [-0.25, -0.2) is 9.50 Å². The summed E-state index contributed by atoms with van der Waals surface area (Å²) in [7, 11) is 0. The minimum atomic E-state index is -4.65. The standard InChI is InChI=1S/C20H21F3N4O3/c1-12-5-4-6-15(11-12)29-9-10-30-17(28)8-7-16-13(2)24-19-25-18(20(21,22)23)26-27(19)14(16)3/h4-6,11H,7-10H2,1-3H3. The molecule has 0 bridgehead atoms. The molecule has 0 aliphatic rings. The molecule has 30 heavy (non-hydrogen) atoms. The van der Waals surface area contributed by atoms with Crippen molar-refractivity contribution in [3.05, 3.63) is 52.6 Å². The van der Waals surface area contributed by atoms with Crippen LogP contribution in [0, 0.1) is 20.8 Å². The van der Waals surface area contributed by atoms with Gasteiger partial charge in [0.05, 0.1) is 0 Å². The number of halogens is 3. The Morgan fingerprint density at radius 2 is 1.90 bits per heavy atom. The fourth-order valence-electron chi connectivity index (χ4n) is 3.01. The lowest BCUT2D eigenvalue weighted by Gasteiger charge is -2.11. The van der Waals surface area contributed by atoms with Gasteiger partial charge in [0, 0.05) is 17.8 Å². The smallest absolute Gasteiger partial charge is 0.453 e. The Morgan fingerprint density at radius 3 is 2.60 bits per heavy atom. The van der Waals surface area contributed by atoms with E-state index in [0.29, 0.717) is 22.7 Å². The predicted molar refractivity (Wildman–Crippen MR) is 101 cm³/mol. The number of fused-ring (bicyclic) bond motifs is 1. The van der Waals surface area contributed by atoms with Crippen molar-refractivity contribution >= 4 is 11.7 Å². The van der Waals surface area contributed by atoms with Crippen molar-refractivity contribution in [2.24, 2.45) is 0 Å². The van der Waals surface area contributed by atoms with Gasteiger partial charge in [-0.05, 0) is 50.5 Å². The molecule has 160 valence electrons. The quantitative estimate of drug-likeness (QED) is 0.428. The van der Waals surface area contributed by atoms with Gasteiger partial charge in [0.15, 0.2) is 0 Å². The molecule has 0 spiro atoms. The Bertz CT molecular complexity index is 1060. The Morgan fingerprint density at radius 1 is 1.13 bits per heavy atom. The van der Waals surface area contributed by atoms with Crippen LogP contribution in [-0.2, 0) is 22.1 Å². The summed E-state index contributed by atoms with van der Waals surface area (Å²) in [5, 5.41) is 3.49. The zero-order valence-electron chi connectivity index (χ0n) is 16.8. The number of nitrogens with zero attached hydrogens (tertiary/aromatic N) is 4. The third-order valence-corrected chi connectivity index (χ3v) is 4.49. The topological polar surface area (TPSA) is 78.6 Å². The van der Waals surface area contributed by atoms with Crippen molar-refractivity contribution in [3.8, 4) is 5.75 Å². The third kappa shape index (κ3) is 5.05. The molecular formula is C20H21F3N4O3. The third-order valence-electron chi connectivity index (χ3n) is 4.49. The number of carbonyl (C=O) groups is 1. The van der Waals surface area contributed by atoms with Crippen LogP contribution in [0.5, 0.6) is 5.75 Å². The van der Waals surface area contributed by atoms with Crippen LogP contribution in [0.15, 0.2) is 24.3 Å². The maximum atomic E-state index is 12.9. The lowest BCUT2D eigenvalue weighted by Crippen LogP contribution is -2.14.